The van der Waals surface area contributed by atoms with Gasteiger partial charge < -0.3 is 20.4 Å². The molecule has 0 radical (unpaired) electrons. The molecule has 7 nitrogen and oxygen atoms in total. The first-order valence-electron chi connectivity index (χ1n) is 10.6. The summed E-state index contributed by atoms with van der Waals surface area (Å²) < 4.78 is 0. The van der Waals surface area contributed by atoms with E-state index in [1.54, 1.807) is 0 Å². The van der Waals surface area contributed by atoms with Gasteiger partial charge in [-0.05, 0) is 44.9 Å². The number of hydrogen-bond donors (Lipinski definition) is 2. The first-order chi connectivity index (χ1) is 13.2. The van der Waals surface area contributed by atoms with Crippen LogP contribution in [-0.4, -0.2) is 60.7 Å². The molecule has 148 valence electrons. The molecular formula is C20H32N6O. The zero-order valence-corrected chi connectivity index (χ0v) is 16.4. The highest BCUT2D eigenvalue weighted by Gasteiger charge is 2.28. The van der Waals surface area contributed by atoms with Gasteiger partial charge in [-0.3, -0.25) is 4.79 Å². The maximum absolute atomic E-state index is 12.0. The number of nitrogens with zero attached hydrogens (tertiary/aromatic N) is 4. The zero-order chi connectivity index (χ0) is 18.6. The van der Waals surface area contributed by atoms with Crippen LogP contribution < -0.4 is 20.4 Å². The van der Waals surface area contributed by atoms with Gasteiger partial charge >= 0.3 is 0 Å². The Kier molecular flexibility index (Phi) is 5.76. The summed E-state index contributed by atoms with van der Waals surface area (Å²) in [5.41, 5.74) is 1.13. The largest absolute Gasteiger partial charge is 0.356 e. The van der Waals surface area contributed by atoms with Crippen LogP contribution in [0.1, 0.15) is 51.1 Å². The molecule has 0 aromatic carbocycles. The van der Waals surface area contributed by atoms with Crippen LogP contribution in [-0.2, 0) is 11.2 Å². The predicted molar refractivity (Wildman–Crippen MR) is 107 cm³/mol. The van der Waals surface area contributed by atoms with Crippen LogP contribution >= 0.6 is 0 Å². The highest BCUT2D eigenvalue weighted by Crippen LogP contribution is 2.24. The number of carbonyl (C=O) groups excluding carboxylic acids is 1. The maximum Gasteiger partial charge on any atom is 0.237 e. The van der Waals surface area contributed by atoms with E-state index in [1.165, 1.54) is 12.8 Å². The Morgan fingerprint density at radius 2 is 1.85 bits per heavy atom. The van der Waals surface area contributed by atoms with Crippen molar-refractivity contribution in [3.05, 3.63) is 11.8 Å². The summed E-state index contributed by atoms with van der Waals surface area (Å²) in [7, 11) is 0. The van der Waals surface area contributed by atoms with E-state index in [1.807, 2.05) is 0 Å². The number of anilines is 2. The third-order valence-electron chi connectivity index (χ3n) is 6.05. The van der Waals surface area contributed by atoms with Gasteiger partial charge in [-0.2, -0.15) is 4.98 Å². The Bertz CT molecular complexity index is 652. The minimum Gasteiger partial charge on any atom is -0.356 e. The Labute approximate surface area is 161 Å². The first kappa shape index (κ1) is 18.5. The second kappa shape index (κ2) is 8.42. The number of aromatic nitrogens is 2. The van der Waals surface area contributed by atoms with Crippen molar-refractivity contribution < 1.29 is 4.79 Å². The molecule has 4 heterocycles. The fourth-order valence-electron chi connectivity index (χ4n) is 4.36. The molecule has 1 unspecified atom stereocenters. The van der Waals surface area contributed by atoms with Crippen molar-refractivity contribution in [2.24, 2.45) is 0 Å². The van der Waals surface area contributed by atoms with Crippen LogP contribution in [0.15, 0.2) is 6.07 Å². The Balaban J connectivity index is 1.38. The van der Waals surface area contributed by atoms with Gasteiger partial charge in [-0.15, -0.1) is 0 Å². The fourth-order valence-corrected chi connectivity index (χ4v) is 4.36. The van der Waals surface area contributed by atoms with E-state index in [2.05, 4.69) is 33.4 Å². The van der Waals surface area contributed by atoms with Crippen LogP contribution in [0.3, 0.4) is 0 Å². The number of nitrogens with one attached hydrogen (secondary N) is 2. The average molecular weight is 373 g/mol. The molecule has 3 saturated heterocycles. The van der Waals surface area contributed by atoms with Crippen molar-refractivity contribution in [2.45, 2.75) is 64.0 Å². The van der Waals surface area contributed by atoms with Crippen LogP contribution in [0, 0.1) is 0 Å². The third kappa shape index (κ3) is 4.34. The van der Waals surface area contributed by atoms with Crippen LogP contribution in [0.4, 0.5) is 11.8 Å². The van der Waals surface area contributed by atoms with Crippen molar-refractivity contribution in [3.63, 3.8) is 0 Å². The maximum atomic E-state index is 12.0. The van der Waals surface area contributed by atoms with Gasteiger partial charge in [0.1, 0.15) is 5.82 Å². The molecule has 7 heteroatoms. The van der Waals surface area contributed by atoms with Crippen molar-refractivity contribution in [3.8, 4) is 0 Å². The van der Waals surface area contributed by atoms with E-state index in [-0.39, 0.29) is 11.9 Å². The van der Waals surface area contributed by atoms with E-state index in [9.17, 15) is 4.79 Å². The molecule has 1 amide bonds. The first-order valence-corrected chi connectivity index (χ1v) is 10.6. The molecule has 4 rings (SSSR count). The van der Waals surface area contributed by atoms with E-state index >= 15 is 0 Å². The van der Waals surface area contributed by atoms with Crippen LogP contribution in [0.25, 0.3) is 0 Å². The summed E-state index contributed by atoms with van der Waals surface area (Å²) in [5, 5.41) is 6.55. The number of aryl methyl sites for hydroxylation is 1. The second-order valence-corrected chi connectivity index (χ2v) is 7.98. The molecule has 0 saturated carbocycles. The number of amides is 1. The fraction of sp³-hybridized carbons (Fsp3) is 0.750. The summed E-state index contributed by atoms with van der Waals surface area (Å²) in [6.45, 7) is 7.08. The van der Waals surface area contributed by atoms with Crippen molar-refractivity contribution in [1.29, 1.82) is 0 Å². The van der Waals surface area contributed by atoms with E-state index in [4.69, 9.17) is 9.97 Å². The normalized spacial score (nSPS) is 24.3. The number of rotatable bonds is 5. The standard InChI is InChI=1S/C20H32N6O/c1-2-15-14-18(24-20(23-15)26-10-3-4-11-26)25-12-7-16(8-13-25)22-17-6-5-9-21-19(17)27/h14,16-17,22H,2-13H2,1H3,(H,21,27). The molecule has 1 aromatic heterocycles. The molecule has 27 heavy (non-hydrogen) atoms. The molecule has 0 aliphatic carbocycles. The Morgan fingerprint density at radius 1 is 1.07 bits per heavy atom. The summed E-state index contributed by atoms with van der Waals surface area (Å²) in [6, 6.07) is 2.56. The molecule has 0 spiro atoms. The van der Waals surface area contributed by atoms with E-state index < -0.39 is 0 Å². The molecule has 1 aromatic rings. The van der Waals surface area contributed by atoms with Gasteiger partial charge in [0.2, 0.25) is 11.9 Å². The van der Waals surface area contributed by atoms with Gasteiger partial charge in [0, 0.05) is 50.5 Å². The molecular weight excluding hydrogens is 340 g/mol. The number of hydrogen-bond acceptors (Lipinski definition) is 6. The summed E-state index contributed by atoms with van der Waals surface area (Å²) >= 11 is 0. The van der Waals surface area contributed by atoms with Gasteiger partial charge in [-0.25, -0.2) is 4.98 Å². The summed E-state index contributed by atoms with van der Waals surface area (Å²) in [4.78, 5) is 26.3. The van der Waals surface area contributed by atoms with Crippen LogP contribution in [0.5, 0.6) is 0 Å². The number of piperidine rings is 2. The van der Waals surface area contributed by atoms with Crippen LogP contribution in [0.2, 0.25) is 0 Å². The summed E-state index contributed by atoms with van der Waals surface area (Å²) in [6.07, 6.45) is 7.54. The lowest BCUT2D eigenvalue weighted by atomic mass is 10.0. The summed E-state index contributed by atoms with van der Waals surface area (Å²) in [5.74, 6) is 2.14. The van der Waals surface area contributed by atoms with Crippen molar-refractivity contribution in [2.75, 3.05) is 42.5 Å². The lowest BCUT2D eigenvalue weighted by Crippen LogP contribution is -2.54. The van der Waals surface area contributed by atoms with Crippen molar-refractivity contribution >= 4 is 17.7 Å². The predicted octanol–water partition coefficient (Wildman–Crippen LogP) is 1.48. The van der Waals surface area contributed by atoms with Gasteiger partial charge in [0.25, 0.3) is 0 Å². The van der Waals surface area contributed by atoms with Gasteiger partial charge in [0.15, 0.2) is 0 Å². The molecule has 3 aliphatic rings. The van der Waals surface area contributed by atoms with Crippen molar-refractivity contribution in [1.82, 2.24) is 20.6 Å². The quantitative estimate of drug-likeness (QED) is 0.816. The lowest BCUT2D eigenvalue weighted by Gasteiger charge is -2.36. The third-order valence-corrected chi connectivity index (χ3v) is 6.05. The van der Waals surface area contributed by atoms with E-state index in [0.717, 1.165) is 82.3 Å². The van der Waals surface area contributed by atoms with E-state index in [0.29, 0.717) is 6.04 Å². The second-order valence-electron chi connectivity index (χ2n) is 7.98. The van der Waals surface area contributed by atoms with Gasteiger partial charge in [-0.1, -0.05) is 6.92 Å². The Hall–Kier alpha value is -1.89. The Morgan fingerprint density at radius 3 is 2.56 bits per heavy atom. The molecule has 3 aliphatic heterocycles. The molecule has 2 N–H and O–H groups in total. The highest BCUT2D eigenvalue weighted by molar-refractivity contribution is 5.82. The zero-order valence-electron chi connectivity index (χ0n) is 16.4. The number of carbonyl (C=O) groups is 1. The molecule has 0 bridgehead atoms. The minimum atomic E-state index is -0.0113. The molecule has 1 atom stereocenters. The molecule has 3 fully saturated rings. The topological polar surface area (TPSA) is 73.4 Å². The lowest BCUT2D eigenvalue weighted by molar-refractivity contribution is -0.124. The van der Waals surface area contributed by atoms with Gasteiger partial charge in [0.05, 0.1) is 6.04 Å². The SMILES string of the molecule is CCc1cc(N2CCC(NC3CCCNC3=O)CC2)nc(N2CCCC2)n1. The average Bonchev–Trinajstić information content (AvgIpc) is 3.25. The highest BCUT2D eigenvalue weighted by atomic mass is 16.2. The minimum absolute atomic E-state index is 0.0113. The monoisotopic (exact) mass is 372 g/mol. The smallest absolute Gasteiger partial charge is 0.237 e.